The Balaban J connectivity index is 0.000000136. The van der Waals surface area contributed by atoms with Crippen molar-refractivity contribution in [2.75, 3.05) is 0 Å². The second kappa shape index (κ2) is 19.0. The third kappa shape index (κ3) is 11.1. The minimum absolute atomic E-state index is 0.786. The van der Waals surface area contributed by atoms with Gasteiger partial charge in [-0.3, -0.25) is 0 Å². The molecule has 1 aromatic rings. The van der Waals surface area contributed by atoms with Crippen LogP contribution in [0.4, 0.5) is 0 Å². The molecule has 4 nitrogen and oxygen atoms in total. The van der Waals surface area contributed by atoms with Crippen molar-refractivity contribution in [3.63, 3.8) is 0 Å². The molecule has 4 aliphatic carbocycles. The van der Waals surface area contributed by atoms with Crippen LogP contribution in [0.3, 0.4) is 0 Å². The van der Waals surface area contributed by atoms with E-state index in [-0.39, 0.29) is 0 Å². The van der Waals surface area contributed by atoms with Crippen molar-refractivity contribution >= 4 is 24.0 Å². The summed E-state index contributed by atoms with van der Waals surface area (Å²) >= 11 is -1.61. The molecule has 0 atom stereocenters. The molecule has 44 heavy (non-hydrogen) atoms. The van der Waals surface area contributed by atoms with E-state index in [2.05, 4.69) is 57.7 Å². The minimum atomic E-state index is -1.61. The van der Waals surface area contributed by atoms with Gasteiger partial charge in [-0.25, -0.2) is 0 Å². The van der Waals surface area contributed by atoms with Gasteiger partial charge < -0.3 is 19.6 Å². The van der Waals surface area contributed by atoms with Crippen molar-refractivity contribution < 1.29 is 13.5 Å². The zero-order chi connectivity index (χ0) is 30.4. The normalized spacial score (nSPS) is 24.1. The predicted octanol–water partition coefficient (Wildman–Crippen LogP) is 10.5. The van der Waals surface area contributed by atoms with Crippen LogP contribution >= 0.6 is 19.4 Å². The molecule has 0 spiro atoms. The van der Waals surface area contributed by atoms with Crippen molar-refractivity contribution in [2.24, 2.45) is 0 Å². The molecular weight excluding hydrogens is 672 g/mol. The van der Waals surface area contributed by atoms with Crippen molar-refractivity contribution in [1.29, 1.82) is 0 Å². The van der Waals surface area contributed by atoms with Gasteiger partial charge in [0.1, 0.15) is 0 Å². The molecule has 1 aromatic carbocycles. The van der Waals surface area contributed by atoms with Crippen LogP contribution in [0.2, 0.25) is 0 Å². The molecule has 4 saturated carbocycles. The Hall–Kier alpha value is -1.03. The Morgan fingerprint density at radius 3 is 1.05 bits per heavy atom. The van der Waals surface area contributed by atoms with E-state index >= 15 is 0 Å². The first kappa shape index (κ1) is 34.3. The molecule has 7 heteroatoms. The number of benzene rings is 1. The van der Waals surface area contributed by atoms with Crippen LogP contribution in [-0.2, 0) is 13.5 Å². The molecular formula is C37H56Cl2N4Ru-2. The first-order valence-corrected chi connectivity index (χ1v) is 23.2. The average Bonchev–Trinajstić information content (AvgIpc) is 3.79. The Kier molecular flexibility index (Phi) is 14.8. The summed E-state index contributed by atoms with van der Waals surface area (Å²) in [5.74, 6) is 0. The fourth-order valence-corrected chi connectivity index (χ4v) is 9.59. The fourth-order valence-electron chi connectivity index (χ4n) is 7.76. The van der Waals surface area contributed by atoms with Gasteiger partial charge in [-0.05, 0) is 76.2 Å². The van der Waals surface area contributed by atoms with Crippen LogP contribution in [0, 0.1) is 13.3 Å². The van der Waals surface area contributed by atoms with Gasteiger partial charge in [0, 0.05) is 24.2 Å². The van der Waals surface area contributed by atoms with E-state index in [1.165, 1.54) is 128 Å². The summed E-state index contributed by atoms with van der Waals surface area (Å²) in [5, 5.41) is 0. The molecule has 2 heterocycles. The van der Waals surface area contributed by atoms with Crippen molar-refractivity contribution in [3.8, 4) is 0 Å². The monoisotopic (exact) mass is 728 g/mol. The van der Waals surface area contributed by atoms with E-state index < -0.39 is 13.5 Å². The zero-order valence-corrected chi connectivity index (χ0v) is 30.0. The van der Waals surface area contributed by atoms with E-state index in [1.807, 2.05) is 34.9 Å². The van der Waals surface area contributed by atoms with Crippen LogP contribution in [0.1, 0.15) is 134 Å². The summed E-state index contributed by atoms with van der Waals surface area (Å²) in [4.78, 5) is 9.92. The van der Waals surface area contributed by atoms with E-state index in [9.17, 15) is 0 Å². The quantitative estimate of drug-likeness (QED) is 0.221. The molecule has 0 aromatic heterocycles. The van der Waals surface area contributed by atoms with Crippen molar-refractivity contribution in [1.82, 2.24) is 19.6 Å². The second-order valence-electron chi connectivity index (χ2n) is 13.5. The molecule has 2 aliphatic heterocycles. The standard InChI is InChI=1S/2C15H25N2.C7H6.2ClH.Ru/c2*1-3-7-14(8-4-1)16-11-12-17(13-16)15-9-5-2-6-10-15;1-7-5-3-2-4-6-7;;;/h2*11-15H,1-10H2;1-6H;2*1H;/q2*-1;;;;+2/p-2. The van der Waals surface area contributed by atoms with Crippen molar-refractivity contribution in [2.45, 2.75) is 153 Å². The zero-order valence-electron chi connectivity index (χ0n) is 26.8. The van der Waals surface area contributed by atoms with Gasteiger partial charge in [0.25, 0.3) is 0 Å². The van der Waals surface area contributed by atoms with Gasteiger partial charge in [0.2, 0.25) is 0 Å². The summed E-state index contributed by atoms with van der Waals surface area (Å²) in [6.45, 7) is 4.76. The van der Waals surface area contributed by atoms with E-state index in [0.29, 0.717) is 0 Å². The molecule has 248 valence electrons. The van der Waals surface area contributed by atoms with Gasteiger partial charge in [-0.2, -0.15) is 13.3 Å². The predicted molar refractivity (Wildman–Crippen MR) is 185 cm³/mol. The summed E-state index contributed by atoms with van der Waals surface area (Å²) < 4.78 is 1.92. The molecule has 0 unspecified atom stereocenters. The molecule has 0 N–H and O–H groups in total. The Morgan fingerprint density at radius 1 is 0.477 bits per heavy atom. The van der Waals surface area contributed by atoms with Crippen LogP contribution in [0.5, 0.6) is 0 Å². The van der Waals surface area contributed by atoms with Crippen LogP contribution in [0.25, 0.3) is 0 Å². The third-order valence-corrected chi connectivity index (χ3v) is 12.2. The van der Waals surface area contributed by atoms with Gasteiger partial charge in [0.15, 0.2) is 0 Å². The first-order chi connectivity index (χ1) is 21.7. The van der Waals surface area contributed by atoms with E-state index in [1.54, 1.807) is 0 Å². The SMILES string of the molecule is C1=CN(C2CCCCC2)[CH-]N1C1CCCCC1.C1=CN(C2CCCCC2)[CH-]N1C1CCCCC1.[Cl][Ru]([Cl])=[CH]c1ccccc1. The molecule has 7 rings (SSSR count). The molecule has 0 radical (unpaired) electrons. The fraction of sp³-hybridized carbons (Fsp3) is 0.649. The molecule has 6 aliphatic rings. The molecule has 0 bridgehead atoms. The number of hydrogen-bond acceptors (Lipinski definition) is 4. The third-order valence-electron chi connectivity index (χ3n) is 10.3. The first-order valence-electron chi connectivity index (χ1n) is 17.7. The van der Waals surface area contributed by atoms with Crippen LogP contribution < -0.4 is 0 Å². The number of rotatable bonds is 5. The summed E-state index contributed by atoms with van der Waals surface area (Å²) in [7, 11) is 11.3. The van der Waals surface area contributed by atoms with Crippen LogP contribution in [-0.4, -0.2) is 48.4 Å². The molecule has 0 saturated heterocycles. The number of nitrogens with zero attached hydrogens (tertiary/aromatic N) is 4. The summed E-state index contributed by atoms with van der Waals surface area (Å²) in [5.41, 5.74) is 1.12. The molecule has 0 amide bonds. The topological polar surface area (TPSA) is 13.0 Å². The average molecular weight is 729 g/mol. The molecule has 4 fully saturated rings. The van der Waals surface area contributed by atoms with Crippen molar-refractivity contribution in [3.05, 3.63) is 74.0 Å². The maximum absolute atomic E-state index is 5.67. The van der Waals surface area contributed by atoms with Crippen LogP contribution in [0.15, 0.2) is 55.1 Å². The maximum atomic E-state index is 5.67. The summed E-state index contributed by atoms with van der Waals surface area (Å²) in [6, 6.07) is 13.0. The van der Waals surface area contributed by atoms with Gasteiger partial charge >= 0.3 is 73.4 Å². The van der Waals surface area contributed by atoms with Gasteiger partial charge in [0.05, 0.1) is 0 Å². The number of hydrogen-bond donors (Lipinski definition) is 0. The Morgan fingerprint density at radius 2 is 0.773 bits per heavy atom. The van der Waals surface area contributed by atoms with Gasteiger partial charge in [-0.15, -0.1) is 0 Å². The second-order valence-corrected chi connectivity index (χ2v) is 19.2. The Bertz CT molecular complexity index is 913. The van der Waals surface area contributed by atoms with Gasteiger partial charge in [-0.1, -0.05) is 77.0 Å². The van der Waals surface area contributed by atoms with E-state index in [4.69, 9.17) is 19.4 Å². The van der Waals surface area contributed by atoms with E-state index in [0.717, 1.165) is 29.7 Å². The number of halogens is 2. The summed E-state index contributed by atoms with van der Waals surface area (Å²) in [6.07, 6.45) is 37.5. The Labute approximate surface area is 282 Å².